The molecule has 4 amide bonds. The van der Waals surface area contributed by atoms with Gasteiger partial charge in [0.05, 0.1) is 18.9 Å². The Kier molecular flexibility index (Phi) is 8.89. The smallest absolute Gasteiger partial charge is 0.287 e. The van der Waals surface area contributed by atoms with Crippen LogP contribution < -0.4 is 20.9 Å². The van der Waals surface area contributed by atoms with Crippen molar-refractivity contribution in [3.63, 3.8) is 0 Å². The maximum Gasteiger partial charge on any atom is 0.287 e. The molecular weight excluding hydrogens is 488 g/mol. The first-order chi connectivity index (χ1) is 18.4. The van der Waals surface area contributed by atoms with Gasteiger partial charge in [-0.25, -0.2) is 0 Å². The molecule has 2 atom stereocenters. The summed E-state index contributed by atoms with van der Waals surface area (Å²) in [5, 5.41) is 8.19. The van der Waals surface area contributed by atoms with Crippen LogP contribution in [0.15, 0.2) is 77.4 Å². The topological polar surface area (TPSA) is 130 Å². The predicted molar refractivity (Wildman–Crippen MR) is 140 cm³/mol. The van der Waals surface area contributed by atoms with Gasteiger partial charge >= 0.3 is 0 Å². The van der Waals surface area contributed by atoms with Gasteiger partial charge in [-0.2, -0.15) is 0 Å². The van der Waals surface area contributed by atoms with Gasteiger partial charge in [-0.05, 0) is 54.8 Å². The van der Waals surface area contributed by atoms with Crippen molar-refractivity contribution in [3.8, 4) is 0 Å². The molecule has 4 rings (SSSR count). The lowest BCUT2D eigenvalue weighted by Gasteiger charge is -2.32. The van der Waals surface area contributed by atoms with Gasteiger partial charge < -0.3 is 25.1 Å². The van der Waals surface area contributed by atoms with Crippen LogP contribution in [0.1, 0.15) is 41.9 Å². The summed E-state index contributed by atoms with van der Waals surface area (Å²) >= 11 is 0. The molecule has 1 saturated heterocycles. The van der Waals surface area contributed by atoms with Gasteiger partial charge in [0.1, 0.15) is 6.04 Å². The molecule has 0 radical (unpaired) electrons. The highest BCUT2D eigenvalue weighted by Crippen LogP contribution is 2.29. The van der Waals surface area contributed by atoms with E-state index in [-0.39, 0.29) is 30.2 Å². The van der Waals surface area contributed by atoms with Gasteiger partial charge in [0.15, 0.2) is 5.76 Å². The average molecular weight is 519 g/mol. The third kappa shape index (κ3) is 6.86. The zero-order chi connectivity index (χ0) is 26.9. The van der Waals surface area contributed by atoms with Gasteiger partial charge in [-0.1, -0.05) is 30.3 Å². The number of rotatable bonds is 10. The quantitative estimate of drug-likeness (QED) is 0.378. The van der Waals surface area contributed by atoms with Crippen LogP contribution in [0.3, 0.4) is 0 Å². The van der Waals surface area contributed by atoms with E-state index in [0.717, 1.165) is 12.8 Å². The SMILES string of the molecule is CC(=O)Nc1ccc(N(C(=O)CNC(=O)c2ccco2)[C@H](C(=O)NC[C@@H]2CCCO2)c2ccccc2)cc1. The van der Waals surface area contributed by atoms with Crippen molar-refractivity contribution in [1.29, 1.82) is 0 Å². The second-order valence-corrected chi connectivity index (χ2v) is 8.85. The van der Waals surface area contributed by atoms with Crippen molar-refractivity contribution in [1.82, 2.24) is 10.6 Å². The number of benzene rings is 2. The molecule has 1 aliphatic heterocycles. The second-order valence-electron chi connectivity index (χ2n) is 8.85. The number of carbonyl (C=O) groups is 4. The third-order valence-electron chi connectivity index (χ3n) is 6.03. The summed E-state index contributed by atoms with van der Waals surface area (Å²) in [4.78, 5) is 52.5. The maximum atomic E-state index is 13.7. The highest BCUT2D eigenvalue weighted by atomic mass is 16.5. The van der Waals surface area contributed by atoms with E-state index in [4.69, 9.17) is 9.15 Å². The molecule has 3 N–H and O–H groups in total. The molecule has 198 valence electrons. The van der Waals surface area contributed by atoms with Crippen LogP contribution in [-0.2, 0) is 19.1 Å². The number of furan rings is 1. The lowest BCUT2D eigenvalue weighted by Crippen LogP contribution is -2.48. The number of amides is 4. The fourth-order valence-corrected chi connectivity index (χ4v) is 4.25. The van der Waals surface area contributed by atoms with Crippen LogP contribution in [0.25, 0.3) is 0 Å². The zero-order valence-corrected chi connectivity index (χ0v) is 21.0. The van der Waals surface area contributed by atoms with Gasteiger partial charge in [-0.15, -0.1) is 0 Å². The van der Waals surface area contributed by atoms with Crippen molar-refractivity contribution in [3.05, 3.63) is 84.3 Å². The fourth-order valence-electron chi connectivity index (χ4n) is 4.25. The predicted octanol–water partition coefficient (Wildman–Crippen LogP) is 3.04. The molecule has 2 aromatic carbocycles. The van der Waals surface area contributed by atoms with Crippen molar-refractivity contribution >= 4 is 35.0 Å². The molecule has 10 heteroatoms. The molecule has 38 heavy (non-hydrogen) atoms. The molecule has 0 bridgehead atoms. The van der Waals surface area contributed by atoms with Gasteiger partial charge in [0.25, 0.3) is 5.91 Å². The van der Waals surface area contributed by atoms with E-state index in [9.17, 15) is 19.2 Å². The minimum absolute atomic E-state index is 0.0675. The van der Waals surface area contributed by atoms with Crippen LogP contribution >= 0.6 is 0 Å². The molecule has 1 fully saturated rings. The van der Waals surface area contributed by atoms with Crippen molar-refractivity contribution in [2.45, 2.75) is 31.9 Å². The van der Waals surface area contributed by atoms with E-state index in [1.165, 1.54) is 24.2 Å². The van der Waals surface area contributed by atoms with Crippen LogP contribution in [0, 0.1) is 0 Å². The summed E-state index contributed by atoms with van der Waals surface area (Å²) in [7, 11) is 0. The van der Waals surface area contributed by atoms with E-state index in [1.807, 2.05) is 6.07 Å². The summed E-state index contributed by atoms with van der Waals surface area (Å²) in [5.74, 6) is -1.62. The molecule has 1 aromatic heterocycles. The van der Waals surface area contributed by atoms with Gasteiger partial charge in [-0.3, -0.25) is 24.1 Å². The van der Waals surface area contributed by atoms with E-state index in [2.05, 4.69) is 16.0 Å². The van der Waals surface area contributed by atoms with Gasteiger partial charge in [0, 0.05) is 31.5 Å². The summed E-state index contributed by atoms with van der Waals surface area (Å²) in [6.07, 6.45) is 3.07. The Balaban J connectivity index is 1.64. The first-order valence-electron chi connectivity index (χ1n) is 12.4. The monoisotopic (exact) mass is 518 g/mol. The number of anilines is 2. The highest BCUT2D eigenvalue weighted by molar-refractivity contribution is 6.04. The van der Waals surface area contributed by atoms with Crippen LogP contribution in [0.4, 0.5) is 11.4 Å². The number of ether oxygens (including phenoxy) is 1. The number of nitrogens with one attached hydrogen (secondary N) is 3. The van der Waals surface area contributed by atoms with Crippen LogP contribution in [0.2, 0.25) is 0 Å². The lowest BCUT2D eigenvalue weighted by molar-refractivity contribution is -0.126. The van der Waals surface area contributed by atoms with Crippen LogP contribution in [0.5, 0.6) is 0 Å². The maximum absolute atomic E-state index is 13.7. The Bertz CT molecular complexity index is 1240. The molecule has 0 unspecified atom stereocenters. The molecule has 0 saturated carbocycles. The summed E-state index contributed by atoms with van der Waals surface area (Å²) in [6, 6.07) is 17.5. The van der Waals surface area contributed by atoms with Crippen molar-refractivity contribution in [2.24, 2.45) is 0 Å². The van der Waals surface area contributed by atoms with E-state index >= 15 is 0 Å². The van der Waals surface area contributed by atoms with Crippen LogP contribution in [-0.4, -0.2) is 49.4 Å². The molecule has 0 aliphatic carbocycles. The normalized spacial score (nSPS) is 15.3. The highest BCUT2D eigenvalue weighted by Gasteiger charge is 2.33. The molecule has 2 heterocycles. The Labute approximate surface area is 220 Å². The summed E-state index contributed by atoms with van der Waals surface area (Å²) in [6.45, 7) is 1.99. The Morgan fingerprint density at radius 1 is 0.974 bits per heavy atom. The molecule has 3 aromatic rings. The Hall–Kier alpha value is -4.44. The molecule has 0 spiro atoms. The van der Waals surface area contributed by atoms with Gasteiger partial charge in [0.2, 0.25) is 17.7 Å². The first kappa shape index (κ1) is 26.6. The fraction of sp³-hybridized carbons (Fsp3) is 0.286. The number of hydrogen-bond donors (Lipinski definition) is 3. The molecule has 1 aliphatic rings. The third-order valence-corrected chi connectivity index (χ3v) is 6.03. The standard InChI is InChI=1S/C28H30N4O6/c1-19(33)31-21-11-13-22(14-12-21)32(25(34)18-30-27(35)24-10-6-16-38-24)26(20-7-3-2-4-8-20)28(36)29-17-23-9-5-15-37-23/h2-4,6-8,10-14,16,23,26H,5,9,15,17-18H2,1H3,(H,29,36)(H,30,35)(H,31,33)/t23-,26-/m0/s1. The number of nitrogens with zero attached hydrogens (tertiary/aromatic N) is 1. The second kappa shape index (κ2) is 12.7. The number of carbonyl (C=O) groups excluding carboxylic acids is 4. The largest absolute Gasteiger partial charge is 0.459 e. The minimum Gasteiger partial charge on any atom is -0.459 e. The Morgan fingerprint density at radius 2 is 1.74 bits per heavy atom. The van der Waals surface area contributed by atoms with E-state index in [1.54, 1.807) is 54.6 Å². The lowest BCUT2D eigenvalue weighted by atomic mass is 10.0. The average Bonchev–Trinajstić information content (AvgIpc) is 3.64. The van der Waals surface area contributed by atoms with Crippen molar-refractivity contribution in [2.75, 3.05) is 29.9 Å². The molecular formula is C28H30N4O6. The van der Waals surface area contributed by atoms with E-state index < -0.39 is 17.9 Å². The Morgan fingerprint density at radius 3 is 2.37 bits per heavy atom. The number of hydrogen-bond acceptors (Lipinski definition) is 6. The summed E-state index contributed by atoms with van der Waals surface area (Å²) < 4.78 is 10.7. The first-order valence-corrected chi connectivity index (χ1v) is 12.4. The minimum atomic E-state index is -1.03. The van der Waals surface area contributed by atoms with Crippen molar-refractivity contribution < 1.29 is 28.3 Å². The molecule has 10 nitrogen and oxygen atoms in total. The summed E-state index contributed by atoms with van der Waals surface area (Å²) in [5.41, 5.74) is 1.55. The van der Waals surface area contributed by atoms with E-state index in [0.29, 0.717) is 30.1 Å². The zero-order valence-electron chi connectivity index (χ0n) is 21.0.